The second-order valence-corrected chi connectivity index (χ2v) is 10.2. The summed E-state index contributed by atoms with van der Waals surface area (Å²) in [6, 6.07) is 8.69. The first-order chi connectivity index (χ1) is 17.8. The number of H-pyrrole nitrogens is 1. The molecule has 0 spiro atoms. The Morgan fingerprint density at radius 1 is 1.08 bits per heavy atom. The predicted octanol–water partition coefficient (Wildman–Crippen LogP) is 5.18. The summed E-state index contributed by atoms with van der Waals surface area (Å²) in [4.78, 5) is 43.9. The van der Waals surface area contributed by atoms with Gasteiger partial charge in [-0.1, -0.05) is 23.2 Å². The molecule has 2 aromatic carbocycles. The molecule has 1 aromatic heterocycles. The summed E-state index contributed by atoms with van der Waals surface area (Å²) in [5.41, 5.74) is 1.71. The predicted molar refractivity (Wildman–Crippen MR) is 148 cm³/mol. The number of aromatic amines is 1. The van der Waals surface area contributed by atoms with E-state index in [-0.39, 0.29) is 40.6 Å². The Labute approximate surface area is 230 Å². The largest absolute Gasteiger partial charge is 0.497 e. The quantitative estimate of drug-likeness (QED) is 0.242. The van der Waals surface area contributed by atoms with Crippen molar-refractivity contribution in [2.75, 3.05) is 12.4 Å². The standard InChI is InChI=1S/C26H29Cl2N5O5/c1-14(34)31-23-19(27)8-15(9-20(23)28)12-30-24(33-25(36)38-26(2,3)4)32-22(35)10-16-13-29-21-7-6-17(37-5)11-18(16)21/h6-9,11,13,29H,10,12H2,1-5H3,(H,31,34)(H2,30,32,33,35,36). The van der Waals surface area contributed by atoms with Crippen LogP contribution in [0.3, 0.4) is 0 Å². The lowest BCUT2D eigenvalue weighted by atomic mass is 10.1. The number of aliphatic imine (C=N–C) groups is 1. The van der Waals surface area contributed by atoms with E-state index in [1.165, 1.54) is 6.92 Å². The molecule has 0 aliphatic rings. The van der Waals surface area contributed by atoms with Gasteiger partial charge in [-0.05, 0) is 62.2 Å². The first kappa shape index (κ1) is 28.8. The van der Waals surface area contributed by atoms with E-state index in [4.69, 9.17) is 32.7 Å². The highest BCUT2D eigenvalue weighted by Gasteiger charge is 2.19. The van der Waals surface area contributed by atoms with Gasteiger partial charge in [-0.15, -0.1) is 0 Å². The zero-order chi connectivity index (χ0) is 28.0. The van der Waals surface area contributed by atoms with E-state index >= 15 is 0 Å². The highest BCUT2D eigenvalue weighted by Crippen LogP contribution is 2.32. The average molecular weight is 562 g/mol. The summed E-state index contributed by atoms with van der Waals surface area (Å²) in [5.74, 6) is -0.280. The number of nitrogens with zero attached hydrogens (tertiary/aromatic N) is 1. The van der Waals surface area contributed by atoms with Gasteiger partial charge in [-0.2, -0.15) is 4.99 Å². The van der Waals surface area contributed by atoms with Gasteiger partial charge in [0.1, 0.15) is 11.4 Å². The van der Waals surface area contributed by atoms with Gasteiger partial charge < -0.3 is 25.1 Å². The fraction of sp³-hybridized carbons (Fsp3) is 0.308. The van der Waals surface area contributed by atoms with Crippen LogP contribution in [-0.2, 0) is 27.3 Å². The molecule has 3 rings (SSSR count). The number of methoxy groups -OCH3 is 1. The number of rotatable bonds is 6. The number of ether oxygens (including phenoxy) is 2. The van der Waals surface area contributed by atoms with Crippen LogP contribution in [0.5, 0.6) is 5.75 Å². The number of halogens is 2. The Morgan fingerprint density at radius 2 is 1.76 bits per heavy atom. The molecule has 3 aromatic rings. The molecule has 0 aliphatic carbocycles. The molecular formula is C26H29Cl2N5O5. The van der Waals surface area contributed by atoms with Gasteiger partial charge >= 0.3 is 6.09 Å². The molecule has 4 N–H and O–H groups in total. The zero-order valence-corrected chi connectivity index (χ0v) is 23.1. The molecular weight excluding hydrogens is 533 g/mol. The number of benzene rings is 2. The van der Waals surface area contributed by atoms with Gasteiger partial charge in [-0.25, -0.2) is 4.79 Å². The summed E-state index contributed by atoms with van der Waals surface area (Å²) in [6.45, 7) is 6.60. The Bertz CT molecular complexity index is 1370. The molecule has 3 amide bonds. The summed E-state index contributed by atoms with van der Waals surface area (Å²) < 4.78 is 10.6. The van der Waals surface area contributed by atoms with Gasteiger partial charge in [0, 0.05) is 30.6 Å². The minimum atomic E-state index is -0.787. The molecule has 10 nitrogen and oxygen atoms in total. The van der Waals surface area contributed by atoms with E-state index in [0.717, 1.165) is 16.5 Å². The fourth-order valence-electron chi connectivity index (χ4n) is 3.48. The molecule has 38 heavy (non-hydrogen) atoms. The van der Waals surface area contributed by atoms with Crippen LogP contribution in [0.4, 0.5) is 10.5 Å². The lowest BCUT2D eigenvalue weighted by molar-refractivity contribution is -0.117. The molecule has 0 radical (unpaired) electrons. The first-order valence-electron chi connectivity index (χ1n) is 11.6. The SMILES string of the molecule is COc1ccc2[nH]cc(CC(=O)/N=C(/NCc3cc(Cl)c(NC(C)=O)c(Cl)c3)NC(=O)OC(C)(C)C)c2c1. The number of alkyl carbamates (subject to hydrolysis) is 1. The number of guanidine groups is 1. The summed E-state index contributed by atoms with van der Waals surface area (Å²) in [6.07, 6.45) is 0.912. The Morgan fingerprint density at radius 3 is 2.37 bits per heavy atom. The smallest absolute Gasteiger partial charge is 0.414 e. The van der Waals surface area contributed by atoms with Crippen LogP contribution in [0, 0.1) is 0 Å². The molecule has 0 aliphatic heterocycles. The van der Waals surface area contributed by atoms with Crippen LogP contribution < -0.4 is 20.7 Å². The van der Waals surface area contributed by atoms with Crippen LogP contribution in [0.15, 0.2) is 41.5 Å². The molecule has 12 heteroatoms. The molecule has 202 valence electrons. The number of anilines is 1. The molecule has 0 unspecified atom stereocenters. The topological polar surface area (TPSA) is 134 Å². The second kappa shape index (κ2) is 12.2. The normalized spacial score (nSPS) is 11.7. The number of amides is 3. The van der Waals surface area contributed by atoms with E-state index in [0.29, 0.717) is 11.3 Å². The molecule has 0 saturated heterocycles. The number of nitrogens with one attached hydrogen (secondary N) is 4. The second-order valence-electron chi connectivity index (χ2n) is 9.35. The maximum atomic E-state index is 12.9. The van der Waals surface area contributed by atoms with E-state index in [1.807, 2.05) is 18.2 Å². The molecule has 1 heterocycles. The van der Waals surface area contributed by atoms with Crippen molar-refractivity contribution in [3.8, 4) is 5.75 Å². The van der Waals surface area contributed by atoms with Crippen LogP contribution in [0.25, 0.3) is 10.9 Å². The maximum absolute atomic E-state index is 12.9. The number of carbonyl (C=O) groups is 3. The summed E-state index contributed by atoms with van der Waals surface area (Å²) >= 11 is 12.5. The minimum absolute atomic E-state index is 0.0303. The minimum Gasteiger partial charge on any atom is -0.497 e. The van der Waals surface area contributed by atoms with Crippen molar-refractivity contribution < 1.29 is 23.9 Å². The molecule has 0 atom stereocenters. The number of carbonyl (C=O) groups excluding carboxylic acids is 3. The van der Waals surface area contributed by atoms with Crippen LogP contribution in [0.2, 0.25) is 10.0 Å². The third-order valence-electron chi connectivity index (χ3n) is 5.04. The van der Waals surface area contributed by atoms with Crippen molar-refractivity contribution in [3.05, 3.63) is 57.7 Å². The maximum Gasteiger partial charge on any atom is 0.414 e. The van der Waals surface area contributed by atoms with E-state index in [2.05, 4.69) is 25.9 Å². The monoisotopic (exact) mass is 561 g/mol. The Balaban J connectivity index is 1.81. The van der Waals surface area contributed by atoms with Gasteiger partial charge in [0.05, 0.1) is 29.3 Å². The van der Waals surface area contributed by atoms with Crippen molar-refractivity contribution in [3.63, 3.8) is 0 Å². The number of fused-ring (bicyclic) bond motifs is 1. The van der Waals surface area contributed by atoms with Crippen molar-refractivity contribution in [2.24, 2.45) is 4.99 Å². The highest BCUT2D eigenvalue weighted by atomic mass is 35.5. The highest BCUT2D eigenvalue weighted by molar-refractivity contribution is 6.39. The van der Waals surface area contributed by atoms with Gasteiger partial charge in [0.25, 0.3) is 5.91 Å². The van der Waals surface area contributed by atoms with Crippen molar-refractivity contribution in [1.29, 1.82) is 0 Å². The zero-order valence-electron chi connectivity index (χ0n) is 21.6. The van der Waals surface area contributed by atoms with Crippen LogP contribution in [-0.4, -0.2) is 41.6 Å². The molecule has 0 bridgehead atoms. The number of hydrogen-bond donors (Lipinski definition) is 4. The molecule has 0 fully saturated rings. The Kier molecular flexibility index (Phi) is 9.24. The summed E-state index contributed by atoms with van der Waals surface area (Å²) in [5, 5.41) is 9.26. The fourth-order valence-corrected chi connectivity index (χ4v) is 4.11. The van der Waals surface area contributed by atoms with Gasteiger partial charge in [-0.3, -0.25) is 14.9 Å². The third-order valence-corrected chi connectivity index (χ3v) is 5.63. The van der Waals surface area contributed by atoms with E-state index in [1.54, 1.807) is 46.2 Å². The first-order valence-corrected chi connectivity index (χ1v) is 12.3. The van der Waals surface area contributed by atoms with Crippen molar-refractivity contribution >= 4 is 63.7 Å². The van der Waals surface area contributed by atoms with Crippen molar-refractivity contribution in [1.82, 2.24) is 15.6 Å². The Hall–Kier alpha value is -3.76. The lowest BCUT2D eigenvalue weighted by Crippen LogP contribution is -2.43. The number of aromatic nitrogens is 1. The van der Waals surface area contributed by atoms with E-state index < -0.39 is 17.6 Å². The molecule has 0 saturated carbocycles. The number of hydrogen-bond acceptors (Lipinski definition) is 5. The van der Waals surface area contributed by atoms with Crippen LogP contribution in [0.1, 0.15) is 38.8 Å². The lowest BCUT2D eigenvalue weighted by Gasteiger charge is -2.20. The van der Waals surface area contributed by atoms with Gasteiger partial charge in [0.2, 0.25) is 11.9 Å². The third kappa shape index (κ3) is 8.12. The average Bonchev–Trinajstić information content (AvgIpc) is 3.20. The van der Waals surface area contributed by atoms with Crippen LogP contribution >= 0.6 is 23.2 Å². The summed E-state index contributed by atoms with van der Waals surface area (Å²) in [7, 11) is 1.57. The van der Waals surface area contributed by atoms with Crippen molar-refractivity contribution in [2.45, 2.75) is 46.3 Å². The van der Waals surface area contributed by atoms with Gasteiger partial charge in [0.15, 0.2) is 0 Å². The van der Waals surface area contributed by atoms with E-state index in [9.17, 15) is 14.4 Å².